The van der Waals surface area contributed by atoms with Gasteiger partial charge in [-0.2, -0.15) is 0 Å². The fraction of sp³-hybridized carbons (Fsp3) is 0.278. The monoisotopic (exact) mass is 280 g/mol. The van der Waals surface area contributed by atoms with E-state index in [1.54, 1.807) is 0 Å². The number of amides is 2. The number of benzene rings is 2. The maximum atomic E-state index is 12.0. The van der Waals surface area contributed by atoms with Gasteiger partial charge in [-0.15, -0.1) is 0 Å². The molecule has 3 nitrogen and oxygen atoms in total. The molecule has 2 aromatic carbocycles. The van der Waals surface area contributed by atoms with E-state index >= 15 is 0 Å². The van der Waals surface area contributed by atoms with E-state index < -0.39 is 0 Å². The van der Waals surface area contributed by atoms with E-state index in [1.165, 1.54) is 16.7 Å². The number of carbonyl (C=O) groups is 1. The van der Waals surface area contributed by atoms with Crippen LogP contribution in [0.25, 0.3) is 0 Å². The van der Waals surface area contributed by atoms with Crippen LogP contribution in [0.1, 0.15) is 34.7 Å². The van der Waals surface area contributed by atoms with Gasteiger partial charge in [0, 0.05) is 6.54 Å². The number of urea groups is 1. The average molecular weight is 280 g/mol. The Hall–Kier alpha value is -2.29. The highest BCUT2D eigenvalue weighted by molar-refractivity contribution is 5.74. The maximum Gasteiger partial charge on any atom is 0.315 e. The highest BCUT2D eigenvalue weighted by Crippen LogP contribution is 2.30. The molecular formula is C18H20N2O. The predicted octanol–water partition coefficient (Wildman–Crippen LogP) is 3.48. The summed E-state index contributed by atoms with van der Waals surface area (Å²) in [4.78, 5) is 12.0. The molecule has 2 amide bonds. The molecule has 0 spiro atoms. The summed E-state index contributed by atoms with van der Waals surface area (Å²) in [5.41, 5.74) is 4.93. The maximum absolute atomic E-state index is 12.0. The zero-order valence-corrected chi connectivity index (χ0v) is 12.2. The number of hydrogen-bond donors (Lipinski definition) is 2. The van der Waals surface area contributed by atoms with Crippen LogP contribution in [0.4, 0.5) is 4.79 Å². The summed E-state index contributed by atoms with van der Waals surface area (Å²) >= 11 is 0. The SMILES string of the molecule is Cc1cccc(CNC(=O)NC2CCc3ccccc32)c1. The Labute approximate surface area is 125 Å². The molecule has 2 aromatic rings. The lowest BCUT2D eigenvalue weighted by atomic mass is 10.1. The lowest BCUT2D eigenvalue weighted by molar-refractivity contribution is 0.236. The number of carbonyl (C=O) groups excluding carboxylic acids is 1. The van der Waals surface area contributed by atoms with Crippen LogP contribution in [-0.2, 0) is 13.0 Å². The number of hydrogen-bond acceptors (Lipinski definition) is 1. The Bertz CT molecular complexity index is 651. The first-order valence-electron chi connectivity index (χ1n) is 7.40. The number of fused-ring (bicyclic) bond motifs is 1. The van der Waals surface area contributed by atoms with Crippen LogP contribution in [-0.4, -0.2) is 6.03 Å². The summed E-state index contributed by atoms with van der Waals surface area (Å²) in [6, 6.07) is 16.6. The van der Waals surface area contributed by atoms with Crippen molar-refractivity contribution >= 4 is 6.03 Å². The molecule has 0 aromatic heterocycles. The fourth-order valence-corrected chi connectivity index (χ4v) is 2.92. The first kappa shape index (κ1) is 13.7. The van der Waals surface area contributed by atoms with Gasteiger partial charge in [0.2, 0.25) is 0 Å². The molecule has 1 aliphatic rings. The topological polar surface area (TPSA) is 41.1 Å². The minimum absolute atomic E-state index is 0.0989. The van der Waals surface area contributed by atoms with Gasteiger partial charge in [0.05, 0.1) is 6.04 Å². The van der Waals surface area contributed by atoms with Gasteiger partial charge in [0.25, 0.3) is 0 Å². The second kappa shape index (κ2) is 6.00. The lowest BCUT2D eigenvalue weighted by Gasteiger charge is -2.15. The summed E-state index contributed by atoms with van der Waals surface area (Å²) in [6.45, 7) is 2.61. The molecule has 0 aliphatic heterocycles. The van der Waals surface area contributed by atoms with Gasteiger partial charge in [-0.05, 0) is 36.5 Å². The number of aryl methyl sites for hydroxylation is 2. The van der Waals surface area contributed by atoms with Gasteiger partial charge in [0.1, 0.15) is 0 Å². The number of nitrogens with one attached hydrogen (secondary N) is 2. The zero-order valence-electron chi connectivity index (χ0n) is 12.2. The van der Waals surface area contributed by atoms with Gasteiger partial charge >= 0.3 is 6.03 Å². The van der Waals surface area contributed by atoms with E-state index in [9.17, 15) is 4.79 Å². The quantitative estimate of drug-likeness (QED) is 0.888. The molecule has 1 aliphatic carbocycles. The molecule has 0 saturated carbocycles. The van der Waals surface area contributed by atoms with E-state index in [1.807, 2.05) is 18.2 Å². The van der Waals surface area contributed by atoms with Crippen molar-refractivity contribution in [3.05, 3.63) is 70.8 Å². The second-order valence-corrected chi connectivity index (χ2v) is 5.61. The third-order valence-corrected chi connectivity index (χ3v) is 3.97. The molecule has 1 atom stereocenters. The van der Waals surface area contributed by atoms with Crippen LogP contribution >= 0.6 is 0 Å². The van der Waals surface area contributed by atoms with E-state index in [-0.39, 0.29) is 12.1 Å². The van der Waals surface area contributed by atoms with Crippen LogP contribution in [0.2, 0.25) is 0 Å². The highest BCUT2D eigenvalue weighted by atomic mass is 16.2. The Kier molecular flexibility index (Phi) is 3.91. The molecule has 0 fully saturated rings. The second-order valence-electron chi connectivity index (χ2n) is 5.61. The minimum atomic E-state index is -0.0989. The van der Waals surface area contributed by atoms with Crippen molar-refractivity contribution < 1.29 is 4.79 Å². The number of rotatable bonds is 3. The molecule has 0 saturated heterocycles. The Balaban J connectivity index is 1.56. The van der Waals surface area contributed by atoms with Crippen molar-refractivity contribution in [3.8, 4) is 0 Å². The van der Waals surface area contributed by atoms with Gasteiger partial charge in [-0.1, -0.05) is 54.1 Å². The Morgan fingerprint density at radius 1 is 1.19 bits per heavy atom. The summed E-state index contributed by atoms with van der Waals surface area (Å²) in [7, 11) is 0. The van der Waals surface area contributed by atoms with Gasteiger partial charge in [0.15, 0.2) is 0 Å². The van der Waals surface area contributed by atoms with Crippen molar-refractivity contribution in [3.63, 3.8) is 0 Å². The average Bonchev–Trinajstić information content (AvgIpc) is 2.89. The standard InChI is InChI=1S/C18H20N2O/c1-13-5-4-6-14(11-13)12-19-18(21)20-17-10-9-15-7-2-3-8-16(15)17/h2-8,11,17H,9-10,12H2,1H3,(H2,19,20,21). The van der Waals surface area contributed by atoms with Gasteiger partial charge in [-0.25, -0.2) is 4.79 Å². The molecular weight excluding hydrogens is 260 g/mol. The molecule has 2 N–H and O–H groups in total. The van der Waals surface area contributed by atoms with Crippen molar-refractivity contribution in [2.45, 2.75) is 32.4 Å². The normalized spacial score (nSPS) is 16.3. The summed E-state index contributed by atoms with van der Waals surface area (Å²) in [5.74, 6) is 0. The predicted molar refractivity (Wildman–Crippen MR) is 84.1 cm³/mol. The van der Waals surface area contributed by atoms with Crippen molar-refractivity contribution in [1.82, 2.24) is 10.6 Å². The minimum Gasteiger partial charge on any atom is -0.334 e. The summed E-state index contributed by atoms with van der Waals surface area (Å²) < 4.78 is 0. The first-order chi connectivity index (χ1) is 10.2. The molecule has 1 unspecified atom stereocenters. The third kappa shape index (κ3) is 3.24. The lowest BCUT2D eigenvalue weighted by Crippen LogP contribution is -2.36. The molecule has 3 heteroatoms. The molecule has 21 heavy (non-hydrogen) atoms. The molecule has 0 heterocycles. The van der Waals surface area contributed by atoms with E-state index in [0.29, 0.717) is 6.54 Å². The van der Waals surface area contributed by atoms with Crippen molar-refractivity contribution in [1.29, 1.82) is 0 Å². The molecule has 0 bridgehead atoms. The van der Waals surface area contributed by atoms with Crippen LogP contribution in [0, 0.1) is 6.92 Å². The van der Waals surface area contributed by atoms with Crippen LogP contribution in [0.5, 0.6) is 0 Å². The van der Waals surface area contributed by atoms with Crippen LogP contribution in [0.15, 0.2) is 48.5 Å². The fourth-order valence-electron chi connectivity index (χ4n) is 2.92. The zero-order chi connectivity index (χ0) is 14.7. The molecule has 108 valence electrons. The van der Waals surface area contributed by atoms with Gasteiger partial charge < -0.3 is 10.6 Å². The van der Waals surface area contributed by atoms with Crippen molar-refractivity contribution in [2.75, 3.05) is 0 Å². The molecule has 0 radical (unpaired) electrons. The summed E-state index contributed by atoms with van der Waals surface area (Å²) in [6.07, 6.45) is 2.02. The Morgan fingerprint density at radius 2 is 2.05 bits per heavy atom. The Morgan fingerprint density at radius 3 is 2.90 bits per heavy atom. The van der Waals surface area contributed by atoms with E-state index in [0.717, 1.165) is 18.4 Å². The molecule has 3 rings (SSSR count). The summed E-state index contributed by atoms with van der Waals surface area (Å²) in [5, 5.41) is 6.00. The van der Waals surface area contributed by atoms with Crippen LogP contribution in [0.3, 0.4) is 0 Å². The van der Waals surface area contributed by atoms with Gasteiger partial charge in [-0.3, -0.25) is 0 Å². The smallest absolute Gasteiger partial charge is 0.315 e. The largest absolute Gasteiger partial charge is 0.334 e. The van der Waals surface area contributed by atoms with E-state index in [4.69, 9.17) is 0 Å². The van der Waals surface area contributed by atoms with Crippen LogP contribution < -0.4 is 10.6 Å². The third-order valence-electron chi connectivity index (χ3n) is 3.97. The first-order valence-corrected chi connectivity index (χ1v) is 7.40. The highest BCUT2D eigenvalue weighted by Gasteiger charge is 2.23. The van der Waals surface area contributed by atoms with Crippen molar-refractivity contribution in [2.24, 2.45) is 0 Å². The van der Waals surface area contributed by atoms with E-state index in [2.05, 4.69) is 47.9 Å².